The van der Waals surface area contributed by atoms with E-state index in [0.717, 1.165) is 17.8 Å². The standard InChI is InChI=1S/C14H23N3OS/c1-10-8-15-13(19-10)14(2,3)16-9-12(18)17-11-6-4-5-7-11/h8,11,16H,4-7,9H2,1-3H3,(H,17,18). The fourth-order valence-corrected chi connectivity index (χ4v) is 3.21. The topological polar surface area (TPSA) is 54.0 Å². The quantitative estimate of drug-likeness (QED) is 0.871. The van der Waals surface area contributed by atoms with Crippen molar-refractivity contribution in [1.82, 2.24) is 15.6 Å². The summed E-state index contributed by atoms with van der Waals surface area (Å²) in [6.07, 6.45) is 6.61. The molecule has 5 heteroatoms. The number of aryl methyl sites for hydroxylation is 1. The Labute approximate surface area is 119 Å². The summed E-state index contributed by atoms with van der Waals surface area (Å²) >= 11 is 1.67. The van der Waals surface area contributed by atoms with Crippen LogP contribution in [0.5, 0.6) is 0 Å². The average molecular weight is 281 g/mol. The van der Waals surface area contributed by atoms with Crippen LogP contribution in [-0.2, 0) is 10.3 Å². The molecule has 4 nitrogen and oxygen atoms in total. The zero-order chi connectivity index (χ0) is 13.9. The van der Waals surface area contributed by atoms with E-state index in [-0.39, 0.29) is 11.4 Å². The van der Waals surface area contributed by atoms with Gasteiger partial charge in [-0.3, -0.25) is 10.1 Å². The highest BCUT2D eigenvalue weighted by molar-refractivity contribution is 7.11. The second kappa shape index (κ2) is 6.01. The molecule has 1 aromatic heterocycles. The second-order valence-corrected chi connectivity index (χ2v) is 7.04. The fourth-order valence-electron chi connectivity index (χ4n) is 2.37. The van der Waals surface area contributed by atoms with Gasteiger partial charge in [0.2, 0.25) is 5.91 Å². The third-order valence-electron chi connectivity index (χ3n) is 3.57. The molecule has 0 bridgehead atoms. The Bertz CT molecular complexity index is 436. The van der Waals surface area contributed by atoms with Crippen molar-refractivity contribution >= 4 is 17.2 Å². The Morgan fingerprint density at radius 1 is 1.47 bits per heavy atom. The molecule has 1 saturated carbocycles. The van der Waals surface area contributed by atoms with Crippen molar-refractivity contribution in [3.05, 3.63) is 16.1 Å². The monoisotopic (exact) mass is 281 g/mol. The SMILES string of the molecule is Cc1cnc(C(C)(C)NCC(=O)NC2CCCC2)s1. The number of aromatic nitrogens is 1. The first kappa shape index (κ1) is 14.5. The summed E-state index contributed by atoms with van der Waals surface area (Å²) in [5, 5.41) is 7.41. The van der Waals surface area contributed by atoms with Gasteiger partial charge in [0.05, 0.1) is 12.1 Å². The molecule has 0 atom stereocenters. The van der Waals surface area contributed by atoms with Gasteiger partial charge in [0, 0.05) is 17.1 Å². The molecule has 19 heavy (non-hydrogen) atoms. The molecule has 0 spiro atoms. The third kappa shape index (κ3) is 4.01. The van der Waals surface area contributed by atoms with Gasteiger partial charge in [-0.05, 0) is 33.6 Å². The van der Waals surface area contributed by atoms with Crippen LogP contribution in [0, 0.1) is 6.92 Å². The molecular formula is C14H23N3OS. The lowest BCUT2D eigenvalue weighted by Crippen LogP contribution is -2.45. The maximum atomic E-state index is 11.9. The smallest absolute Gasteiger partial charge is 0.234 e. The molecule has 0 aromatic carbocycles. The molecule has 1 aliphatic rings. The van der Waals surface area contributed by atoms with Crippen LogP contribution < -0.4 is 10.6 Å². The van der Waals surface area contributed by atoms with Crippen LogP contribution in [0.25, 0.3) is 0 Å². The van der Waals surface area contributed by atoms with E-state index in [2.05, 4.69) is 29.5 Å². The number of carbonyl (C=O) groups is 1. The Morgan fingerprint density at radius 3 is 2.74 bits per heavy atom. The molecule has 2 N–H and O–H groups in total. The maximum absolute atomic E-state index is 11.9. The van der Waals surface area contributed by atoms with Gasteiger partial charge in [0.25, 0.3) is 0 Å². The van der Waals surface area contributed by atoms with Gasteiger partial charge in [-0.15, -0.1) is 11.3 Å². The van der Waals surface area contributed by atoms with Gasteiger partial charge in [0.15, 0.2) is 0 Å². The first-order valence-corrected chi connectivity index (χ1v) is 7.76. The van der Waals surface area contributed by atoms with E-state index in [1.807, 2.05) is 13.1 Å². The summed E-state index contributed by atoms with van der Waals surface area (Å²) in [5.41, 5.74) is -0.258. The lowest BCUT2D eigenvalue weighted by atomic mass is 10.1. The van der Waals surface area contributed by atoms with Crippen molar-refractivity contribution in [2.24, 2.45) is 0 Å². The molecule has 106 valence electrons. The average Bonchev–Trinajstić information content (AvgIpc) is 2.98. The molecule has 1 aromatic rings. The summed E-state index contributed by atoms with van der Waals surface area (Å²) < 4.78 is 0. The van der Waals surface area contributed by atoms with Crippen molar-refractivity contribution < 1.29 is 4.79 Å². The van der Waals surface area contributed by atoms with Gasteiger partial charge in [-0.25, -0.2) is 4.98 Å². The number of hydrogen-bond acceptors (Lipinski definition) is 4. The number of rotatable bonds is 5. The van der Waals surface area contributed by atoms with Gasteiger partial charge in [-0.2, -0.15) is 0 Å². The molecule has 1 fully saturated rings. The van der Waals surface area contributed by atoms with E-state index in [0.29, 0.717) is 12.6 Å². The van der Waals surface area contributed by atoms with Gasteiger partial charge < -0.3 is 5.32 Å². The molecule has 2 rings (SSSR count). The van der Waals surface area contributed by atoms with E-state index in [1.165, 1.54) is 17.7 Å². The fraction of sp³-hybridized carbons (Fsp3) is 0.714. The lowest BCUT2D eigenvalue weighted by molar-refractivity contribution is -0.121. The first-order valence-electron chi connectivity index (χ1n) is 6.95. The van der Waals surface area contributed by atoms with Crippen molar-refractivity contribution in [1.29, 1.82) is 0 Å². The zero-order valence-corrected chi connectivity index (χ0v) is 12.8. The number of nitrogens with zero attached hydrogens (tertiary/aromatic N) is 1. The minimum absolute atomic E-state index is 0.0910. The number of carbonyl (C=O) groups excluding carboxylic acids is 1. The van der Waals surface area contributed by atoms with E-state index in [1.54, 1.807) is 11.3 Å². The molecule has 0 radical (unpaired) electrons. The Balaban J connectivity index is 1.81. The van der Waals surface area contributed by atoms with Crippen LogP contribution in [0.4, 0.5) is 0 Å². The minimum Gasteiger partial charge on any atom is -0.352 e. The first-order chi connectivity index (χ1) is 8.97. The van der Waals surface area contributed by atoms with Crippen LogP contribution in [0.3, 0.4) is 0 Å². The molecule has 0 unspecified atom stereocenters. The Morgan fingerprint density at radius 2 is 2.16 bits per heavy atom. The third-order valence-corrected chi connectivity index (χ3v) is 4.80. The Kier molecular flexibility index (Phi) is 4.58. The predicted octanol–water partition coefficient (Wildman–Crippen LogP) is 2.34. The summed E-state index contributed by atoms with van der Waals surface area (Å²) in [6, 6.07) is 0.388. The number of nitrogens with one attached hydrogen (secondary N) is 2. The van der Waals surface area contributed by atoms with Gasteiger partial charge >= 0.3 is 0 Å². The Hall–Kier alpha value is -0.940. The highest BCUT2D eigenvalue weighted by Crippen LogP contribution is 2.24. The van der Waals surface area contributed by atoms with E-state index < -0.39 is 0 Å². The van der Waals surface area contributed by atoms with E-state index in [4.69, 9.17) is 0 Å². The summed E-state index contributed by atoms with van der Waals surface area (Å²) in [4.78, 5) is 17.5. The van der Waals surface area contributed by atoms with Crippen molar-refractivity contribution in [2.75, 3.05) is 6.54 Å². The molecule has 1 amide bonds. The van der Waals surface area contributed by atoms with Crippen LogP contribution in [0.2, 0.25) is 0 Å². The normalized spacial score (nSPS) is 16.8. The van der Waals surface area contributed by atoms with Crippen LogP contribution >= 0.6 is 11.3 Å². The molecule has 0 aliphatic heterocycles. The highest BCUT2D eigenvalue weighted by Gasteiger charge is 2.25. The van der Waals surface area contributed by atoms with Crippen LogP contribution in [0.15, 0.2) is 6.20 Å². The second-order valence-electron chi connectivity index (χ2n) is 5.80. The largest absolute Gasteiger partial charge is 0.352 e. The summed E-state index contributed by atoms with van der Waals surface area (Å²) in [5.74, 6) is 0.0910. The van der Waals surface area contributed by atoms with Crippen LogP contribution in [-0.4, -0.2) is 23.5 Å². The summed E-state index contributed by atoms with van der Waals surface area (Å²) in [6.45, 7) is 6.52. The number of amides is 1. The summed E-state index contributed by atoms with van der Waals surface area (Å²) in [7, 11) is 0. The maximum Gasteiger partial charge on any atom is 0.234 e. The van der Waals surface area contributed by atoms with E-state index >= 15 is 0 Å². The van der Waals surface area contributed by atoms with Gasteiger partial charge in [-0.1, -0.05) is 12.8 Å². The molecule has 1 aliphatic carbocycles. The molecule has 0 saturated heterocycles. The predicted molar refractivity (Wildman–Crippen MR) is 78.3 cm³/mol. The molecule has 1 heterocycles. The van der Waals surface area contributed by atoms with Crippen molar-refractivity contribution in [2.45, 2.75) is 58.0 Å². The highest BCUT2D eigenvalue weighted by atomic mass is 32.1. The van der Waals surface area contributed by atoms with E-state index in [9.17, 15) is 4.79 Å². The lowest BCUT2D eigenvalue weighted by Gasteiger charge is -2.24. The van der Waals surface area contributed by atoms with Crippen molar-refractivity contribution in [3.63, 3.8) is 0 Å². The zero-order valence-electron chi connectivity index (χ0n) is 12.0. The minimum atomic E-state index is -0.258. The van der Waals surface area contributed by atoms with Crippen molar-refractivity contribution in [3.8, 4) is 0 Å². The van der Waals surface area contributed by atoms with Crippen LogP contribution in [0.1, 0.15) is 49.4 Å². The number of thiazole rings is 1. The number of hydrogen-bond donors (Lipinski definition) is 2. The molecular weight excluding hydrogens is 258 g/mol. The van der Waals surface area contributed by atoms with Gasteiger partial charge in [0.1, 0.15) is 5.01 Å².